The molecular weight excluding hydrogens is 401 g/mol. The first kappa shape index (κ1) is 18.6. The molecule has 0 fully saturated rings. The molecule has 26 heavy (non-hydrogen) atoms. The second-order valence-electron chi connectivity index (χ2n) is 5.19. The van der Waals surface area contributed by atoms with E-state index in [0.29, 0.717) is 44.6 Å². The molecule has 10 heteroatoms. The number of ether oxygens (including phenoxy) is 2. The highest BCUT2D eigenvalue weighted by Gasteiger charge is 2.14. The number of anilines is 1. The predicted octanol–water partition coefficient (Wildman–Crippen LogP) is 4.36. The van der Waals surface area contributed by atoms with Crippen molar-refractivity contribution < 1.29 is 9.47 Å². The number of hydrogen-bond donors (Lipinski definition) is 2. The molecule has 0 amide bonds. The van der Waals surface area contributed by atoms with Crippen LogP contribution in [0.15, 0.2) is 30.3 Å². The molecule has 1 aromatic heterocycles. The van der Waals surface area contributed by atoms with Crippen LogP contribution >= 0.6 is 34.8 Å². The largest absolute Gasteiger partial charge is 0.493 e. The standard InChI is InChI=1S/C16H14Cl3N5O2/c1-25-14-6-9(7-20-16-21-23-24-22-16)5-13(19)15(14)26-8-10-11(17)3-2-4-12(10)18/h2-6H,7-8H2,1H3,(H2,20,21,22,23,24). The van der Waals surface area contributed by atoms with E-state index < -0.39 is 0 Å². The minimum absolute atomic E-state index is 0.162. The van der Waals surface area contributed by atoms with Gasteiger partial charge in [0.1, 0.15) is 6.61 Å². The third-order valence-corrected chi connectivity index (χ3v) is 4.50. The van der Waals surface area contributed by atoms with Gasteiger partial charge in [-0.2, -0.15) is 5.21 Å². The van der Waals surface area contributed by atoms with Crippen LogP contribution in [0.5, 0.6) is 11.5 Å². The fourth-order valence-electron chi connectivity index (χ4n) is 2.25. The lowest BCUT2D eigenvalue weighted by molar-refractivity contribution is 0.284. The molecule has 2 aromatic carbocycles. The summed E-state index contributed by atoms with van der Waals surface area (Å²) in [5, 5.41) is 17.9. The SMILES string of the molecule is COc1cc(CNc2nn[nH]n2)cc(Cl)c1OCc1c(Cl)cccc1Cl. The summed E-state index contributed by atoms with van der Waals surface area (Å²) in [5.74, 6) is 1.29. The predicted molar refractivity (Wildman–Crippen MR) is 100 cm³/mol. The molecule has 3 rings (SSSR count). The minimum Gasteiger partial charge on any atom is -0.493 e. The first-order valence-electron chi connectivity index (χ1n) is 7.48. The minimum atomic E-state index is 0.162. The van der Waals surface area contributed by atoms with Gasteiger partial charge in [0.15, 0.2) is 11.5 Å². The number of H-pyrrole nitrogens is 1. The molecule has 2 N–H and O–H groups in total. The van der Waals surface area contributed by atoms with Crippen molar-refractivity contribution in [2.45, 2.75) is 13.2 Å². The quantitative estimate of drug-likeness (QED) is 0.597. The molecule has 0 spiro atoms. The fourth-order valence-corrected chi connectivity index (χ4v) is 3.04. The maximum Gasteiger partial charge on any atom is 0.263 e. The van der Waals surface area contributed by atoms with E-state index in [4.69, 9.17) is 44.3 Å². The number of rotatable bonds is 7. The van der Waals surface area contributed by atoms with E-state index in [0.717, 1.165) is 5.56 Å². The summed E-state index contributed by atoms with van der Waals surface area (Å²) in [6.07, 6.45) is 0. The lowest BCUT2D eigenvalue weighted by atomic mass is 10.2. The number of nitrogens with one attached hydrogen (secondary N) is 2. The summed E-state index contributed by atoms with van der Waals surface area (Å²) in [6, 6.07) is 8.84. The van der Waals surface area contributed by atoms with Crippen molar-refractivity contribution >= 4 is 40.8 Å². The Labute approximate surface area is 164 Å². The summed E-state index contributed by atoms with van der Waals surface area (Å²) in [7, 11) is 1.54. The van der Waals surface area contributed by atoms with E-state index in [9.17, 15) is 0 Å². The number of aromatic nitrogens is 4. The highest BCUT2D eigenvalue weighted by molar-refractivity contribution is 6.36. The van der Waals surface area contributed by atoms with Gasteiger partial charge in [0, 0.05) is 22.2 Å². The summed E-state index contributed by atoms with van der Waals surface area (Å²) < 4.78 is 11.2. The summed E-state index contributed by atoms with van der Waals surface area (Å²) in [4.78, 5) is 0. The van der Waals surface area contributed by atoms with Crippen LogP contribution in [0.2, 0.25) is 15.1 Å². The molecule has 0 bridgehead atoms. The lowest BCUT2D eigenvalue weighted by Gasteiger charge is -2.15. The van der Waals surface area contributed by atoms with Gasteiger partial charge in [0.25, 0.3) is 5.95 Å². The summed E-state index contributed by atoms with van der Waals surface area (Å²) >= 11 is 18.7. The van der Waals surface area contributed by atoms with Crippen LogP contribution in [0, 0.1) is 0 Å². The van der Waals surface area contributed by atoms with E-state index in [1.54, 1.807) is 24.3 Å². The number of nitrogens with zero attached hydrogens (tertiary/aromatic N) is 3. The normalized spacial score (nSPS) is 10.6. The average Bonchev–Trinajstić information content (AvgIpc) is 3.14. The molecule has 0 aliphatic rings. The van der Waals surface area contributed by atoms with Gasteiger partial charge in [0.05, 0.1) is 12.1 Å². The third kappa shape index (κ3) is 4.30. The van der Waals surface area contributed by atoms with Gasteiger partial charge in [-0.1, -0.05) is 46.0 Å². The van der Waals surface area contributed by atoms with Crippen molar-refractivity contribution in [2.24, 2.45) is 0 Å². The lowest BCUT2D eigenvalue weighted by Crippen LogP contribution is -2.04. The molecule has 0 radical (unpaired) electrons. The number of benzene rings is 2. The average molecular weight is 415 g/mol. The zero-order valence-electron chi connectivity index (χ0n) is 13.6. The van der Waals surface area contributed by atoms with E-state index in [1.807, 2.05) is 6.07 Å². The molecular formula is C16H14Cl3N5O2. The van der Waals surface area contributed by atoms with E-state index >= 15 is 0 Å². The number of tetrazole rings is 1. The molecule has 3 aromatic rings. The monoisotopic (exact) mass is 413 g/mol. The van der Waals surface area contributed by atoms with Gasteiger partial charge in [-0.25, -0.2) is 0 Å². The molecule has 136 valence electrons. The molecule has 7 nitrogen and oxygen atoms in total. The topological polar surface area (TPSA) is 85.0 Å². The van der Waals surface area contributed by atoms with Crippen molar-refractivity contribution in [2.75, 3.05) is 12.4 Å². The Morgan fingerprint density at radius 3 is 2.54 bits per heavy atom. The fraction of sp³-hybridized carbons (Fsp3) is 0.188. The number of hydrogen-bond acceptors (Lipinski definition) is 6. The zero-order valence-corrected chi connectivity index (χ0v) is 15.9. The molecule has 0 unspecified atom stereocenters. The van der Waals surface area contributed by atoms with Crippen molar-refractivity contribution in [3.05, 3.63) is 56.5 Å². The number of halogens is 3. The Kier molecular flexibility index (Phi) is 6.03. The third-order valence-electron chi connectivity index (χ3n) is 3.51. The Morgan fingerprint density at radius 2 is 1.88 bits per heavy atom. The summed E-state index contributed by atoms with van der Waals surface area (Å²) in [6.45, 7) is 0.598. The second-order valence-corrected chi connectivity index (χ2v) is 6.41. The van der Waals surface area contributed by atoms with Crippen LogP contribution < -0.4 is 14.8 Å². The Balaban J connectivity index is 1.76. The van der Waals surface area contributed by atoms with Crippen LogP contribution in [0.25, 0.3) is 0 Å². The smallest absolute Gasteiger partial charge is 0.263 e. The van der Waals surface area contributed by atoms with E-state index in [-0.39, 0.29) is 6.61 Å². The van der Waals surface area contributed by atoms with Crippen molar-refractivity contribution in [1.82, 2.24) is 20.6 Å². The van der Waals surface area contributed by atoms with Crippen molar-refractivity contribution in [1.29, 1.82) is 0 Å². The molecule has 0 saturated heterocycles. The first-order valence-corrected chi connectivity index (χ1v) is 8.61. The van der Waals surface area contributed by atoms with Crippen molar-refractivity contribution in [3.63, 3.8) is 0 Å². The molecule has 0 aliphatic carbocycles. The highest BCUT2D eigenvalue weighted by Crippen LogP contribution is 2.38. The maximum absolute atomic E-state index is 6.37. The van der Waals surface area contributed by atoms with Gasteiger partial charge in [-0.15, -0.1) is 5.10 Å². The van der Waals surface area contributed by atoms with Crippen LogP contribution in [-0.2, 0) is 13.2 Å². The Hall–Kier alpha value is -2.22. The molecule has 0 atom stereocenters. The van der Waals surface area contributed by atoms with Gasteiger partial charge in [0.2, 0.25) is 0 Å². The maximum atomic E-state index is 6.37. The second kappa shape index (κ2) is 8.44. The van der Waals surface area contributed by atoms with Gasteiger partial charge < -0.3 is 14.8 Å². The highest BCUT2D eigenvalue weighted by atomic mass is 35.5. The number of methoxy groups -OCH3 is 1. The molecule has 1 heterocycles. The molecule has 0 aliphatic heterocycles. The van der Waals surface area contributed by atoms with Crippen LogP contribution in [0.1, 0.15) is 11.1 Å². The van der Waals surface area contributed by atoms with E-state index in [1.165, 1.54) is 7.11 Å². The van der Waals surface area contributed by atoms with Gasteiger partial charge in [-0.05, 0) is 35.0 Å². The van der Waals surface area contributed by atoms with Crippen molar-refractivity contribution in [3.8, 4) is 11.5 Å². The van der Waals surface area contributed by atoms with Crippen LogP contribution in [-0.4, -0.2) is 27.7 Å². The van der Waals surface area contributed by atoms with Gasteiger partial charge in [-0.3, -0.25) is 0 Å². The van der Waals surface area contributed by atoms with Crippen LogP contribution in [0.4, 0.5) is 5.95 Å². The van der Waals surface area contributed by atoms with Crippen LogP contribution in [0.3, 0.4) is 0 Å². The zero-order chi connectivity index (χ0) is 18.5. The van der Waals surface area contributed by atoms with E-state index in [2.05, 4.69) is 25.9 Å². The Morgan fingerprint density at radius 1 is 1.12 bits per heavy atom. The number of aromatic amines is 1. The van der Waals surface area contributed by atoms with Gasteiger partial charge >= 0.3 is 0 Å². The summed E-state index contributed by atoms with van der Waals surface area (Å²) in [5.41, 5.74) is 1.54. The Bertz CT molecular complexity index is 870. The molecule has 0 saturated carbocycles. The first-order chi connectivity index (χ1) is 12.6.